The molecule has 1 fully saturated rings. The van der Waals surface area contributed by atoms with Crippen LogP contribution in [0, 0.1) is 35.0 Å². The lowest BCUT2D eigenvalue weighted by molar-refractivity contribution is -0.268. The fourth-order valence-electron chi connectivity index (χ4n) is 5.19. The number of nitrogens with zero attached hydrogens (tertiary/aromatic N) is 4. The van der Waals surface area contributed by atoms with Gasteiger partial charge in [0.1, 0.15) is 5.56 Å². The number of benzene rings is 4. The molecule has 15 heteroatoms. The van der Waals surface area contributed by atoms with Gasteiger partial charge in [0.05, 0.1) is 24.5 Å². The van der Waals surface area contributed by atoms with Crippen molar-refractivity contribution in [2.24, 2.45) is 5.92 Å². The molecule has 4 aromatic carbocycles. The number of aliphatic hydroxyl groups is 1. The summed E-state index contributed by atoms with van der Waals surface area (Å²) >= 11 is 1.40. The first-order valence-corrected chi connectivity index (χ1v) is 15.5. The summed E-state index contributed by atoms with van der Waals surface area (Å²) in [6, 6.07) is 22.6. The van der Waals surface area contributed by atoms with Gasteiger partial charge < -0.3 is 19.9 Å². The Morgan fingerprint density at radius 3 is 2.12 bits per heavy atom. The van der Waals surface area contributed by atoms with Crippen LogP contribution >= 0.6 is 11.8 Å². The fraction of sp³-hybridized carbons (Fsp3) is 0.212. The van der Waals surface area contributed by atoms with E-state index in [1.165, 1.54) is 23.9 Å². The number of amides is 1. The minimum atomic E-state index is -2.36. The van der Waals surface area contributed by atoms with Crippen LogP contribution in [0.3, 0.4) is 0 Å². The van der Waals surface area contributed by atoms with Gasteiger partial charge in [-0.05, 0) is 45.8 Å². The molecular formula is C33H26F5N5O4S. The minimum Gasteiger partial charge on any atom is -0.392 e. The Morgan fingerprint density at radius 1 is 0.854 bits per heavy atom. The number of aromatic nitrogens is 4. The zero-order valence-corrected chi connectivity index (χ0v) is 25.8. The number of hydrogen-bond acceptors (Lipinski definition) is 8. The highest BCUT2D eigenvalue weighted by Crippen LogP contribution is 2.43. The van der Waals surface area contributed by atoms with Crippen molar-refractivity contribution >= 4 is 23.4 Å². The zero-order valence-electron chi connectivity index (χ0n) is 25.0. The molecule has 6 rings (SSSR count). The molecule has 2 heterocycles. The van der Waals surface area contributed by atoms with Crippen molar-refractivity contribution < 1.29 is 41.3 Å². The quantitative estimate of drug-likeness (QED) is 0.0766. The molecule has 1 aromatic heterocycles. The molecule has 48 heavy (non-hydrogen) atoms. The monoisotopic (exact) mass is 683 g/mol. The van der Waals surface area contributed by atoms with E-state index < -0.39 is 53.0 Å². The van der Waals surface area contributed by atoms with Gasteiger partial charge in [0.2, 0.25) is 11.0 Å². The third-order valence-electron chi connectivity index (χ3n) is 7.82. The van der Waals surface area contributed by atoms with Crippen LogP contribution in [-0.2, 0) is 16.1 Å². The van der Waals surface area contributed by atoms with Crippen LogP contribution in [0.15, 0.2) is 84.0 Å². The highest BCUT2D eigenvalue weighted by molar-refractivity contribution is 7.99. The number of thioether (sulfide) groups is 1. The zero-order chi connectivity index (χ0) is 33.9. The molecule has 0 aliphatic carbocycles. The molecule has 4 atom stereocenters. The summed E-state index contributed by atoms with van der Waals surface area (Å²) < 4.78 is 83.5. The van der Waals surface area contributed by atoms with Gasteiger partial charge in [0, 0.05) is 22.9 Å². The number of ether oxygens (including phenoxy) is 2. The lowest BCUT2D eigenvalue weighted by Crippen LogP contribution is -2.38. The number of halogens is 5. The summed E-state index contributed by atoms with van der Waals surface area (Å²) in [4.78, 5) is 12.5. The topological polar surface area (TPSA) is 111 Å². The van der Waals surface area contributed by atoms with Gasteiger partial charge in [0.15, 0.2) is 29.6 Å². The van der Waals surface area contributed by atoms with Crippen molar-refractivity contribution in [1.82, 2.24) is 20.2 Å². The van der Waals surface area contributed by atoms with Crippen LogP contribution in [0.2, 0.25) is 0 Å². The number of nitrogens with one attached hydrogen (secondary N) is 1. The molecule has 1 amide bonds. The standard InChI is InChI=1S/C33H26F5N5O4S/c1-17-23(16-48-33-40-41-42-43(33)22-5-3-2-4-6-22)46-32(47-30(17)19-9-7-18(15-44)8-10-19)20-11-13-21(14-12-20)39-31(45)24-25(34)27(36)29(38)28(37)26(24)35/h2-14,17,23,30,32,44H,15-16H2,1H3,(H,39,45)/t17-,23+,30+,32+/m0/s1. The first-order chi connectivity index (χ1) is 23.2. The van der Waals surface area contributed by atoms with E-state index in [0.717, 1.165) is 16.8 Å². The Bertz CT molecular complexity index is 1890. The van der Waals surface area contributed by atoms with E-state index in [4.69, 9.17) is 9.47 Å². The molecule has 0 bridgehead atoms. The maximum atomic E-state index is 14.2. The molecule has 0 saturated carbocycles. The van der Waals surface area contributed by atoms with Crippen LogP contribution in [0.4, 0.5) is 27.6 Å². The molecule has 0 radical (unpaired) electrons. The van der Waals surface area contributed by atoms with E-state index in [1.54, 1.807) is 28.9 Å². The number of tetrazole rings is 1. The maximum absolute atomic E-state index is 14.2. The van der Waals surface area contributed by atoms with Gasteiger partial charge in [-0.15, -0.1) is 5.10 Å². The number of para-hydroxylation sites is 1. The number of rotatable bonds is 9. The van der Waals surface area contributed by atoms with Gasteiger partial charge in [0.25, 0.3) is 5.91 Å². The van der Waals surface area contributed by atoms with Gasteiger partial charge in [-0.1, -0.05) is 73.3 Å². The summed E-state index contributed by atoms with van der Waals surface area (Å²) in [6.07, 6.45) is -1.73. The SMILES string of the molecule is C[C@H]1[C@@H](CSc2nnnn2-c2ccccc2)O[C@@H](c2ccc(NC(=O)c3c(F)c(F)c(F)c(F)c3F)cc2)O[C@H]1c1ccc(CO)cc1. The largest absolute Gasteiger partial charge is 0.392 e. The number of aliphatic hydroxyl groups excluding tert-OH is 1. The smallest absolute Gasteiger partial charge is 0.261 e. The van der Waals surface area contributed by atoms with Crippen molar-refractivity contribution in [3.8, 4) is 5.69 Å². The Labute approximate surface area is 274 Å². The average molecular weight is 684 g/mol. The number of carbonyl (C=O) groups is 1. The lowest BCUT2D eigenvalue weighted by Gasteiger charge is -2.41. The van der Waals surface area contributed by atoms with Crippen molar-refractivity contribution in [3.05, 3.63) is 130 Å². The Morgan fingerprint density at radius 2 is 1.48 bits per heavy atom. The van der Waals surface area contributed by atoms with Crippen molar-refractivity contribution in [2.45, 2.75) is 37.2 Å². The van der Waals surface area contributed by atoms with E-state index >= 15 is 0 Å². The van der Waals surface area contributed by atoms with E-state index in [2.05, 4.69) is 20.8 Å². The molecular weight excluding hydrogens is 657 g/mol. The number of carbonyl (C=O) groups excluding carboxylic acids is 1. The molecule has 1 saturated heterocycles. The molecule has 5 aromatic rings. The molecule has 0 unspecified atom stereocenters. The van der Waals surface area contributed by atoms with Crippen LogP contribution in [0.5, 0.6) is 0 Å². The van der Waals surface area contributed by atoms with E-state index in [1.807, 2.05) is 49.4 Å². The highest BCUT2D eigenvalue weighted by Gasteiger charge is 2.39. The molecule has 2 N–H and O–H groups in total. The summed E-state index contributed by atoms with van der Waals surface area (Å²) in [5.41, 5.74) is 1.32. The first-order valence-electron chi connectivity index (χ1n) is 14.6. The Balaban J connectivity index is 1.23. The highest BCUT2D eigenvalue weighted by atomic mass is 32.2. The van der Waals surface area contributed by atoms with Crippen LogP contribution in [0.1, 0.15) is 46.4 Å². The Hall–Kier alpha value is -4.70. The van der Waals surface area contributed by atoms with Crippen molar-refractivity contribution in [3.63, 3.8) is 0 Å². The van der Waals surface area contributed by atoms with Gasteiger partial charge >= 0.3 is 0 Å². The summed E-state index contributed by atoms with van der Waals surface area (Å²) in [7, 11) is 0. The predicted octanol–water partition coefficient (Wildman–Crippen LogP) is 6.69. The van der Waals surface area contributed by atoms with E-state index in [-0.39, 0.29) is 24.3 Å². The van der Waals surface area contributed by atoms with Crippen LogP contribution < -0.4 is 5.32 Å². The van der Waals surface area contributed by atoms with E-state index in [9.17, 15) is 31.9 Å². The maximum Gasteiger partial charge on any atom is 0.261 e. The Kier molecular flexibility index (Phi) is 9.82. The second-order valence-corrected chi connectivity index (χ2v) is 11.8. The molecule has 1 aliphatic rings. The van der Waals surface area contributed by atoms with Crippen molar-refractivity contribution in [1.29, 1.82) is 0 Å². The lowest BCUT2D eigenvalue weighted by atomic mass is 9.91. The second-order valence-electron chi connectivity index (χ2n) is 10.9. The normalized spacial score (nSPS) is 19.3. The van der Waals surface area contributed by atoms with Gasteiger partial charge in [-0.25, -0.2) is 22.0 Å². The van der Waals surface area contributed by atoms with Crippen molar-refractivity contribution in [2.75, 3.05) is 11.1 Å². The summed E-state index contributed by atoms with van der Waals surface area (Å²) in [5.74, 6) is -12.5. The third-order valence-corrected chi connectivity index (χ3v) is 8.83. The number of hydrogen-bond donors (Lipinski definition) is 2. The van der Waals surface area contributed by atoms with Crippen LogP contribution in [0.25, 0.3) is 5.69 Å². The summed E-state index contributed by atoms with van der Waals surface area (Å²) in [6.45, 7) is 1.87. The fourth-order valence-corrected chi connectivity index (χ4v) is 6.24. The van der Waals surface area contributed by atoms with E-state index in [0.29, 0.717) is 16.5 Å². The van der Waals surface area contributed by atoms with Gasteiger partial charge in [-0.2, -0.15) is 4.68 Å². The van der Waals surface area contributed by atoms with Gasteiger partial charge in [-0.3, -0.25) is 4.79 Å². The molecule has 9 nitrogen and oxygen atoms in total. The minimum absolute atomic E-state index is 0.0212. The number of anilines is 1. The molecule has 1 aliphatic heterocycles. The van der Waals surface area contributed by atoms with Crippen LogP contribution in [-0.4, -0.2) is 43.1 Å². The molecule has 0 spiro atoms. The summed E-state index contributed by atoms with van der Waals surface area (Å²) in [5, 5.41) is 24.3. The predicted molar refractivity (Wildman–Crippen MR) is 163 cm³/mol. The molecule has 248 valence electrons. The first kappa shape index (κ1) is 33.2. The third kappa shape index (κ3) is 6.67. The second kappa shape index (κ2) is 14.2. The average Bonchev–Trinajstić information content (AvgIpc) is 3.59.